The Morgan fingerprint density at radius 3 is 2.92 bits per heavy atom. The van der Waals surface area contributed by atoms with Gasteiger partial charge in [0.2, 0.25) is 5.95 Å². The second-order valence-corrected chi connectivity index (χ2v) is 5.94. The molecule has 1 aliphatic heterocycles. The van der Waals surface area contributed by atoms with Crippen molar-refractivity contribution in [1.29, 1.82) is 5.26 Å². The number of nitriles is 1. The van der Waals surface area contributed by atoms with E-state index in [-0.39, 0.29) is 0 Å². The smallest absolute Gasteiger partial charge is 0.229 e. The summed E-state index contributed by atoms with van der Waals surface area (Å²) in [7, 11) is 0. The summed E-state index contributed by atoms with van der Waals surface area (Å²) in [5.74, 6) is 1.40. The molecular formula is C20H17N5. The number of nitrogens with one attached hydrogen (secondary N) is 1. The predicted octanol–water partition coefficient (Wildman–Crippen LogP) is 4.18. The van der Waals surface area contributed by atoms with Gasteiger partial charge in [0.05, 0.1) is 11.6 Å². The SMILES string of the molecule is N#Cc1cccc(Nc2nccc(N3CCCc4ccccc43)n2)c1. The largest absolute Gasteiger partial charge is 0.326 e. The number of fused-ring (bicyclic) bond motifs is 1. The van der Waals surface area contributed by atoms with Crippen LogP contribution in [0.5, 0.6) is 0 Å². The van der Waals surface area contributed by atoms with Gasteiger partial charge in [-0.25, -0.2) is 4.98 Å². The molecular weight excluding hydrogens is 310 g/mol. The predicted molar refractivity (Wildman–Crippen MR) is 98.2 cm³/mol. The minimum Gasteiger partial charge on any atom is -0.326 e. The number of hydrogen-bond acceptors (Lipinski definition) is 5. The maximum atomic E-state index is 9.02. The van der Waals surface area contributed by atoms with E-state index in [1.807, 2.05) is 18.2 Å². The molecule has 1 aliphatic rings. The van der Waals surface area contributed by atoms with Gasteiger partial charge in [0.25, 0.3) is 0 Å². The Balaban J connectivity index is 1.63. The van der Waals surface area contributed by atoms with Crippen molar-refractivity contribution in [3.63, 3.8) is 0 Å². The molecule has 3 aromatic rings. The Bertz CT molecular complexity index is 945. The van der Waals surface area contributed by atoms with Crippen molar-refractivity contribution in [2.24, 2.45) is 0 Å². The van der Waals surface area contributed by atoms with Gasteiger partial charge in [-0.2, -0.15) is 10.2 Å². The summed E-state index contributed by atoms with van der Waals surface area (Å²) in [5.41, 5.74) is 3.97. The fraction of sp³-hybridized carbons (Fsp3) is 0.150. The van der Waals surface area contributed by atoms with E-state index in [1.165, 1.54) is 11.3 Å². The number of aryl methyl sites for hydroxylation is 1. The molecule has 0 fully saturated rings. The number of benzene rings is 2. The van der Waals surface area contributed by atoms with Gasteiger partial charge in [-0.05, 0) is 48.7 Å². The summed E-state index contributed by atoms with van der Waals surface area (Å²) in [6, 6.07) is 19.8. The van der Waals surface area contributed by atoms with Crippen LogP contribution in [0.25, 0.3) is 0 Å². The molecule has 2 aromatic carbocycles. The van der Waals surface area contributed by atoms with Crippen molar-refractivity contribution in [2.75, 3.05) is 16.8 Å². The first-order chi connectivity index (χ1) is 12.3. The molecule has 0 aliphatic carbocycles. The Kier molecular flexibility index (Phi) is 4.01. The van der Waals surface area contributed by atoms with Gasteiger partial charge in [-0.1, -0.05) is 24.3 Å². The quantitative estimate of drug-likeness (QED) is 0.782. The van der Waals surface area contributed by atoms with Crippen LogP contribution in [-0.2, 0) is 6.42 Å². The first kappa shape index (κ1) is 15.2. The second-order valence-electron chi connectivity index (χ2n) is 5.94. The van der Waals surface area contributed by atoms with E-state index in [9.17, 15) is 0 Å². The number of hydrogen-bond donors (Lipinski definition) is 1. The van der Waals surface area contributed by atoms with Gasteiger partial charge in [-0.3, -0.25) is 0 Å². The zero-order chi connectivity index (χ0) is 17.1. The van der Waals surface area contributed by atoms with Gasteiger partial charge in [0.1, 0.15) is 5.82 Å². The summed E-state index contributed by atoms with van der Waals surface area (Å²) >= 11 is 0. The van der Waals surface area contributed by atoms with Crippen molar-refractivity contribution in [3.05, 3.63) is 71.9 Å². The molecule has 0 bridgehead atoms. The van der Waals surface area contributed by atoms with Gasteiger partial charge in [0.15, 0.2) is 0 Å². The van der Waals surface area contributed by atoms with Gasteiger partial charge < -0.3 is 10.2 Å². The third-order valence-electron chi connectivity index (χ3n) is 4.28. The van der Waals surface area contributed by atoms with Crippen LogP contribution in [0, 0.1) is 11.3 Å². The van der Waals surface area contributed by atoms with Crippen molar-refractivity contribution in [3.8, 4) is 6.07 Å². The lowest BCUT2D eigenvalue weighted by Crippen LogP contribution is -2.25. The standard InChI is InChI=1S/C20H17N5/c21-14-15-5-3-8-17(13-15)23-20-22-11-10-19(24-20)25-12-4-7-16-6-1-2-9-18(16)25/h1-3,5-6,8-11,13H,4,7,12H2,(H,22,23,24). The second kappa shape index (κ2) is 6.62. The average molecular weight is 327 g/mol. The molecule has 25 heavy (non-hydrogen) atoms. The van der Waals surface area contributed by atoms with Crippen molar-refractivity contribution in [1.82, 2.24) is 9.97 Å². The molecule has 0 radical (unpaired) electrons. The van der Waals surface area contributed by atoms with Crippen LogP contribution in [0.2, 0.25) is 0 Å². The van der Waals surface area contributed by atoms with Gasteiger partial charge >= 0.3 is 0 Å². The third-order valence-corrected chi connectivity index (χ3v) is 4.28. The molecule has 1 aromatic heterocycles. The molecule has 5 nitrogen and oxygen atoms in total. The van der Waals surface area contributed by atoms with Gasteiger partial charge in [0, 0.05) is 24.1 Å². The monoisotopic (exact) mass is 327 g/mol. The lowest BCUT2D eigenvalue weighted by Gasteiger charge is -2.30. The molecule has 0 spiro atoms. The Morgan fingerprint density at radius 1 is 1.08 bits per heavy atom. The first-order valence-electron chi connectivity index (χ1n) is 8.29. The van der Waals surface area contributed by atoms with Crippen LogP contribution in [0.3, 0.4) is 0 Å². The summed E-state index contributed by atoms with van der Waals surface area (Å²) in [5, 5.41) is 12.2. The molecule has 122 valence electrons. The highest BCUT2D eigenvalue weighted by Crippen LogP contribution is 2.32. The molecule has 0 atom stereocenters. The Morgan fingerprint density at radius 2 is 2.00 bits per heavy atom. The van der Waals surface area contributed by atoms with Crippen molar-refractivity contribution >= 4 is 23.1 Å². The van der Waals surface area contributed by atoms with E-state index < -0.39 is 0 Å². The molecule has 1 N–H and O–H groups in total. The van der Waals surface area contributed by atoms with E-state index in [2.05, 4.69) is 50.5 Å². The number of anilines is 4. The highest BCUT2D eigenvalue weighted by molar-refractivity contribution is 5.66. The van der Waals surface area contributed by atoms with E-state index in [1.54, 1.807) is 18.3 Å². The minimum absolute atomic E-state index is 0.524. The zero-order valence-corrected chi connectivity index (χ0v) is 13.7. The highest BCUT2D eigenvalue weighted by atomic mass is 15.2. The zero-order valence-electron chi connectivity index (χ0n) is 13.7. The van der Waals surface area contributed by atoms with E-state index >= 15 is 0 Å². The molecule has 0 saturated carbocycles. The molecule has 0 unspecified atom stereocenters. The van der Waals surface area contributed by atoms with Gasteiger partial charge in [-0.15, -0.1) is 0 Å². The summed E-state index contributed by atoms with van der Waals surface area (Å²) in [6.45, 7) is 0.942. The Labute approximate surface area is 146 Å². The molecule has 0 amide bonds. The molecule has 4 rings (SSSR count). The number of aromatic nitrogens is 2. The maximum Gasteiger partial charge on any atom is 0.229 e. The molecule has 0 saturated heterocycles. The first-order valence-corrected chi connectivity index (χ1v) is 8.29. The number of rotatable bonds is 3. The van der Waals surface area contributed by atoms with Crippen molar-refractivity contribution < 1.29 is 0 Å². The minimum atomic E-state index is 0.524. The Hall–Kier alpha value is -3.39. The summed E-state index contributed by atoms with van der Waals surface area (Å²) < 4.78 is 0. The highest BCUT2D eigenvalue weighted by Gasteiger charge is 2.19. The van der Waals surface area contributed by atoms with E-state index in [4.69, 9.17) is 5.26 Å². The topological polar surface area (TPSA) is 64.8 Å². The van der Waals surface area contributed by atoms with Crippen LogP contribution in [0.1, 0.15) is 17.5 Å². The fourth-order valence-corrected chi connectivity index (χ4v) is 3.13. The van der Waals surface area contributed by atoms with Crippen LogP contribution in [0.4, 0.5) is 23.1 Å². The van der Waals surface area contributed by atoms with Crippen LogP contribution >= 0.6 is 0 Å². The summed E-state index contributed by atoms with van der Waals surface area (Å²) in [6.07, 6.45) is 3.97. The normalized spacial score (nSPS) is 13.0. The van der Waals surface area contributed by atoms with Crippen LogP contribution in [0.15, 0.2) is 60.8 Å². The lowest BCUT2D eigenvalue weighted by molar-refractivity contribution is 0.759. The number of nitrogens with zero attached hydrogens (tertiary/aromatic N) is 4. The third kappa shape index (κ3) is 3.15. The van der Waals surface area contributed by atoms with E-state index in [0.717, 1.165) is 30.9 Å². The number of para-hydroxylation sites is 1. The summed E-state index contributed by atoms with van der Waals surface area (Å²) in [4.78, 5) is 11.2. The molecule has 5 heteroatoms. The molecule has 2 heterocycles. The fourth-order valence-electron chi connectivity index (χ4n) is 3.13. The lowest BCUT2D eigenvalue weighted by atomic mass is 10.0. The maximum absolute atomic E-state index is 9.02. The van der Waals surface area contributed by atoms with E-state index in [0.29, 0.717) is 11.5 Å². The van der Waals surface area contributed by atoms with Crippen molar-refractivity contribution in [2.45, 2.75) is 12.8 Å². The van der Waals surface area contributed by atoms with Crippen LogP contribution in [-0.4, -0.2) is 16.5 Å². The van der Waals surface area contributed by atoms with Crippen LogP contribution < -0.4 is 10.2 Å². The average Bonchev–Trinajstić information content (AvgIpc) is 2.68.